The monoisotopic (exact) mass is 382 g/mol. The number of aromatic nitrogens is 2. The number of nitrogens with zero attached hydrogens (tertiary/aromatic N) is 3. The van der Waals surface area contributed by atoms with Crippen molar-refractivity contribution in [2.24, 2.45) is 0 Å². The molecule has 6 nitrogen and oxygen atoms in total. The minimum atomic E-state index is -0.261. The van der Waals surface area contributed by atoms with Crippen molar-refractivity contribution in [2.45, 2.75) is 6.42 Å². The lowest BCUT2D eigenvalue weighted by molar-refractivity contribution is -0.119. The van der Waals surface area contributed by atoms with Crippen LogP contribution in [0.1, 0.15) is 11.3 Å². The smallest absolute Gasteiger partial charge is 0.272 e. The lowest BCUT2D eigenvalue weighted by Crippen LogP contribution is -2.43. The van der Waals surface area contributed by atoms with Gasteiger partial charge in [-0.15, -0.1) is 0 Å². The Balaban J connectivity index is 0.000000211. The Bertz CT molecular complexity index is 980. The summed E-state index contributed by atoms with van der Waals surface area (Å²) >= 11 is 0. The van der Waals surface area contributed by atoms with Crippen LogP contribution in [-0.4, -0.2) is 59.6 Å². The van der Waals surface area contributed by atoms with Gasteiger partial charge in [0.15, 0.2) is 0 Å². The number of amides is 1. The summed E-state index contributed by atoms with van der Waals surface area (Å²) in [7, 11) is 2.07. The van der Waals surface area contributed by atoms with E-state index in [1.165, 1.54) is 12.1 Å². The normalized spacial score (nSPS) is 14.4. The van der Waals surface area contributed by atoms with E-state index in [4.69, 9.17) is 0 Å². The average Bonchev–Trinajstić information content (AvgIpc) is 2.73. The van der Waals surface area contributed by atoms with E-state index < -0.39 is 0 Å². The fraction of sp³-hybridized carbons (Fsp3) is 0.286. The molecule has 3 aromatic rings. The van der Waals surface area contributed by atoms with Crippen molar-refractivity contribution in [2.75, 3.05) is 33.2 Å². The van der Waals surface area contributed by atoms with Crippen molar-refractivity contribution in [1.29, 1.82) is 0 Å². The quantitative estimate of drug-likeness (QED) is 0.704. The molecular formula is C21H23FN4O2. The standard InChI is InChI=1S/C15H11FN2O.C6H12N2O/c16-11-7-5-10(6-8-11)9-14-12-3-1-2-4-13(12)15(19)18-17-14;1-7-2-4-8(6-9)5-3-7/h1-8H,9H2,(H,18,19);6H,2-5H2,1H3. The summed E-state index contributed by atoms with van der Waals surface area (Å²) in [6.45, 7) is 3.80. The van der Waals surface area contributed by atoms with E-state index in [1.54, 1.807) is 23.1 Å². The molecule has 2 aromatic carbocycles. The maximum atomic E-state index is 12.9. The van der Waals surface area contributed by atoms with Gasteiger partial charge in [0.25, 0.3) is 5.56 Å². The van der Waals surface area contributed by atoms with Gasteiger partial charge in [-0.05, 0) is 30.8 Å². The number of carbonyl (C=O) groups is 1. The van der Waals surface area contributed by atoms with Gasteiger partial charge in [0.2, 0.25) is 6.41 Å². The van der Waals surface area contributed by atoms with Crippen molar-refractivity contribution < 1.29 is 9.18 Å². The van der Waals surface area contributed by atoms with E-state index in [0.29, 0.717) is 11.8 Å². The molecule has 0 bridgehead atoms. The van der Waals surface area contributed by atoms with Crippen LogP contribution in [0.25, 0.3) is 10.8 Å². The minimum Gasteiger partial charge on any atom is -0.343 e. The zero-order valence-corrected chi connectivity index (χ0v) is 15.8. The van der Waals surface area contributed by atoms with Gasteiger partial charge in [0, 0.05) is 38.0 Å². The maximum Gasteiger partial charge on any atom is 0.272 e. The first-order valence-corrected chi connectivity index (χ1v) is 9.15. The molecule has 0 atom stereocenters. The summed E-state index contributed by atoms with van der Waals surface area (Å²) < 4.78 is 12.9. The molecule has 0 spiro atoms. The molecule has 1 aliphatic rings. The van der Waals surface area contributed by atoms with E-state index in [-0.39, 0.29) is 11.4 Å². The van der Waals surface area contributed by atoms with Crippen LogP contribution in [0.3, 0.4) is 0 Å². The van der Waals surface area contributed by atoms with Gasteiger partial charge >= 0.3 is 0 Å². The highest BCUT2D eigenvalue weighted by Crippen LogP contribution is 2.16. The molecule has 2 heterocycles. The Labute approximate surface area is 162 Å². The molecule has 0 saturated carbocycles. The van der Waals surface area contributed by atoms with Crippen molar-refractivity contribution in [3.63, 3.8) is 0 Å². The third-order valence-corrected chi connectivity index (χ3v) is 4.75. The van der Waals surface area contributed by atoms with Gasteiger partial charge in [-0.25, -0.2) is 9.49 Å². The van der Waals surface area contributed by atoms with Crippen molar-refractivity contribution in [1.82, 2.24) is 20.0 Å². The number of fused-ring (bicyclic) bond motifs is 1. The van der Waals surface area contributed by atoms with E-state index in [1.807, 2.05) is 18.2 Å². The van der Waals surface area contributed by atoms with Gasteiger partial charge in [0.1, 0.15) is 5.82 Å². The Kier molecular flexibility index (Phi) is 6.49. The number of piperazine rings is 1. The highest BCUT2D eigenvalue weighted by atomic mass is 19.1. The first kappa shape index (κ1) is 19.7. The van der Waals surface area contributed by atoms with E-state index in [0.717, 1.165) is 49.2 Å². The number of nitrogens with one attached hydrogen (secondary N) is 1. The van der Waals surface area contributed by atoms with Gasteiger partial charge in [-0.3, -0.25) is 9.59 Å². The van der Waals surface area contributed by atoms with E-state index in [2.05, 4.69) is 22.1 Å². The molecule has 4 rings (SSSR count). The molecule has 1 aromatic heterocycles. The predicted octanol–water partition coefficient (Wildman–Crippen LogP) is 2.04. The lowest BCUT2D eigenvalue weighted by Gasteiger charge is -2.29. The van der Waals surface area contributed by atoms with Gasteiger partial charge in [0.05, 0.1) is 11.1 Å². The number of rotatable bonds is 3. The summed E-state index contributed by atoms with van der Waals surface area (Å²) in [5, 5.41) is 8.04. The highest BCUT2D eigenvalue weighted by Gasteiger charge is 2.10. The fourth-order valence-corrected chi connectivity index (χ4v) is 3.03. The molecule has 0 aliphatic carbocycles. The Morgan fingerprint density at radius 3 is 2.32 bits per heavy atom. The third kappa shape index (κ3) is 5.01. The molecule has 0 radical (unpaired) electrons. The lowest BCUT2D eigenvalue weighted by atomic mass is 10.0. The third-order valence-electron chi connectivity index (χ3n) is 4.75. The van der Waals surface area contributed by atoms with Crippen LogP contribution in [0.5, 0.6) is 0 Å². The SMILES string of the molecule is CN1CCN(C=O)CC1.O=c1[nH]nc(Cc2ccc(F)cc2)c2ccccc12. The topological polar surface area (TPSA) is 69.3 Å². The number of halogens is 1. The second-order valence-corrected chi connectivity index (χ2v) is 6.79. The Morgan fingerprint density at radius 2 is 1.68 bits per heavy atom. The highest BCUT2D eigenvalue weighted by molar-refractivity contribution is 5.83. The molecule has 1 amide bonds. The van der Waals surface area contributed by atoms with Gasteiger partial charge in [-0.2, -0.15) is 5.10 Å². The molecule has 1 N–H and O–H groups in total. The molecule has 0 unspecified atom stereocenters. The minimum absolute atomic E-state index is 0.196. The maximum absolute atomic E-state index is 12.9. The zero-order chi connectivity index (χ0) is 19.9. The summed E-state index contributed by atoms with van der Waals surface area (Å²) in [6.07, 6.45) is 1.48. The number of hydrogen-bond donors (Lipinski definition) is 1. The molecule has 28 heavy (non-hydrogen) atoms. The van der Waals surface area contributed by atoms with Gasteiger partial charge < -0.3 is 9.80 Å². The first-order valence-electron chi connectivity index (χ1n) is 9.15. The van der Waals surface area contributed by atoms with Crippen LogP contribution >= 0.6 is 0 Å². The molecular weight excluding hydrogens is 359 g/mol. The second kappa shape index (κ2) is 9.23. The number of hydrogen-bond acceptors (Lipinski definition) is 4. The van der Waals surface area contributed by atoms with Crippen LogP contribution in [0, 0.1) is 5.82 Å². The van der Waals surface area contributed by atoms with Crippen LogP contribution in [0.4, 0.5) is 4.39 Å². The number of carbonyl (C=O) groups excluding carboxylic acids is 1. The van der Waals surface area contributed by atoms with Crippen LogP contribution in [-0.2, 0) is 11.2 Å². The van der Waals surface area contributed by atoms with Crippen molar-refractivity contribution in [3.05, 3.63) is 76.0 Å². The fourth-order valence-electron chi connectivity index (χ4n) is 3.03. The molecule has 1 fully saturated rings. The van der Waals surface area contributed by atoms with Crippen LogP contribution < -0.4 is 5.56 Å². The average molecular weight is 382 g/mol. The summed E-state index contributed by atoms with van der Waals surface area (Å²) in [4.78, 5) is 25.9. The van der Waals surface area contributed by atoms with E-state index >= 15 is 0 Å². The Hall–Kier alpha value is -3.06. The number of aromatic amines is 1. The molecule has 146 valence electrons. The molecule has 1 saturated heterocycles. The summed E-state index contributed by atoms with van der Waals surface area (Å²) in [5.74, 6) is -0.261. The first-order chi connectivity index (χ1) is 13.6. The van der Waals surface area contributed by atoms with E-state index in [9.17, 15) is 14.0 Å². The predicted molar refractivity (Wildman–Crippen MR) is 107 cm³/mol. The van der Waals surface area contributed by atoms with Crippen LogP contribution in [0.15, 0.2) is 53.3 Å². The Morgan fingerprint density at radius 1 is 1.04 bits per heavy atom. The molecule has 7 heteroatoms. The molecule has 1 aliphatic heterocycles. The van der Waals surface area contributed by atoms with Gasteiger partial charge in [-0.1, -0.05) is 30.3 Å². The number of likely N-dealkylation sites (N-methyl/N-ethyl adjacent to an activating group) is 1. The number of benzene rings is 2. The second-order valence-electron chi connectivity index (χ2n) is 6.79. The van der Waals surface area contributed by atoms with Crippen molar-refractivity contribution in [3.8, 4) is 0 Å². The summed E-state index contributed by atoms with van der Waals surface area (Å²) in [6, 6.07) is 13.6. The zero-order valence-electron chi connectivity index (χ0n) is 15.8. The largest absolute Gasteiger partial charge is 0.343 e. The van der Waals surface area contributed by atoms with Crippen LogP contribution in [0.2, 0.25) is 0 Å². The number of H-pyrrole nitrogens is 1. The van der Waals surface area contributed by atoms with Crippen molar-refractivity contribution >= 4 is 17.2 Å². The summed E-state index contributed by atoms with van der Waals surface area (Å²) in [5.41, 5.74) is 1.53.